The number of aromatic nitrogens is 2. The van der Waals surface area contributed by atoms with Gasteiger partial charge in [-0.15, -0.1) is 0 Å². The van der Waals surface area contributed by atoms with E-state index in [1.54, 1.807) is 0 Å². The number of benzene rings is 2. The SMILES string of the molecule is OC(c1ccccc1)c1nc2cc(Br)c(Br)c(Br)c2[nH]1. The van der Waals surface area contributed by atoms with E-state index in [0.29, 0.717) is 5.82 Å². The molecule has 0 aliphatic rings. The van der Waals surface area contributed by atoms with Crippen LogP contribution in [0.25, 0.3) is 11.0 Å². The lowest BCUT2D eigenvalue weighted by molar-refractivity contribution is 0.211. The molecular formula is C14H9Br3N2O. The molecule has 0 amide bonds. The van der Waals surface area contributed by atoms with Crippen molar-refractivity contribution in [2.24, 2.45) is 0 Å². The van der Waals surface area contributed by atoms with Crippen LogP contribution < -0.4 is 0 Å². The normalized spacial score (nSPS) is 12.8. The maximum absolute atomic E-state index is 10.4. The summed E-state index contributed by atoms with van der Waals surface area (Å²) < 4.78 is 2.69. The third-order valence-electron chi connectivity index (χ3n) is 3.01. The van der Waals surface area contributed by atoms with E-state index in [4.69, 9.17) is 0 Å². The summed E-state index contributed by atoms with van der Waals surface area (Å²) in [4.78, 5) is 7.64. The Bertz CT molecular complexity index is 771. The van der Waals surface area contributed by atoms with Crippen LogP contribution in [0.2, 0.25) is 0 Å². The highest BCUT2D eigenvalue weighted by Gasteiger charge is 2.17. The van der Waals surface area contributed by atoms with Crippen molar-refractivity contribution >= 4 is 58.8 Å². The molecular weight excluding hydrogens is 452 g/mol. The van der Waals surface area contributed by atoms with Crippen LogP contribution in [0.1, 0.15) is 17.5 Å². The van der Waals surface area contributed by atoms with E-state index in [0.717, 1.165) is 30.0 Å². The van der Waals surface area contributed by atoms with E-state index in [-0.39, 0.29) is 0 Å². The average Bonchev–Trinajstić information content (AvgIpc) is 2.89. The topological polar surface area (TPSA) is 48.9 Å². The highest BCUT2D eigenvalue weighted by atomic mass is 79.9. The maximum atomic E-state index is 10.4. The van der Waals surface area contributed by atoms with Crippen LogP contribution in [0, 0.1) is 0 Å². The molecule has 6 heteroatoms. The number of halogens is 3. The predicted molar refractivity (Wildman–Crippen MR) is 89.7 cm³/mol. The molecule has 0 radical (unpaired) electrons. The summed E-state index contributed by atoms with van der Waals surface area (Å²) in [5, 5.41) is 10.4. The summed E-state index contributed by atoms with van der Waals surface area (Å²) in [6.45, 7) is 0. The summed E-state index contributed by atoms with van der Waals surface area (Å²) in [6.07, 6.45) is -0.770. The van der Waals surface area contributed by atoms with Crippen LogP contribution in [-0.2, 0) is 0 Å². The summed E-state index contributed by atoms with van der Waals surface area (Å²) in [7, 11) is 0. The lowest BCUT2D eigenvalue weighted by Crippen LogP contribution is -2.01. The fourth-order valence-corrected chi connectivity index (χ4v) is 3.51. The van der Waals surface area contributed by atoms with Gasteiger partial charge in [-0.05, 0) is 59.4 Å². The van der Waals surface area contributed by atoms with Crippen LogP contribution in [-0.4, -0.2) is 15.1 Å². The van der Waals surface area contributed by atoms with Gasteiger partial charge in [0.25, 0.3) is 0 Å². The Balaban J connectivity index is 2.12. The number of aromatic amines is 1. The van der Waals surface area contributed by atoms with Crippen molar-refractivity contribution in [2.75, 3.05) is 0 Å². The Kier molecular flexibility index (Phi) is 3.99. The van der Waals surface area contributed by atoms with Crippen LogP contribution in [0.5, 0.6) is 0 Å². The van der Waals surface area contributed by atoms with E-state index < -0.39 is 6.10 Å². The summed E-state index contributed by atoms with van der Waals surface area (Å²) >= 11 is 10.5. The highest BCUT2D eigenvalue weighted by Crippen LogP contribution is 2.37. The van der Waals surface area contributed by atoms with Crippen molar-refractivity contribution in [3.8, 4) is 0 Å². The zero-order chi connectivity index (χ0) is 14.3. The molecule has 3 aromatic rings. The molecule has 0 spiro atoms. The van der Waals surface area contributed by atoms with Gasteiger partial charge in [0.05, 0.1) is 15.5 Å². The molecule has 2 aromatic carbocycles. The molecule has 1 heterocycles. The highest BCUT2D eigenvalue weighted by molar-refractivity contribution is 9.14. The molecule has 1 atom stereocenters. The smallest absolute Gasteiger partial charge is 0.140 e. The molecule has 0 aliphatic carbocycles. The second-order valence-corrected chi connectivity index (χ2v) is 6.76. The molecule has 2 N–H and O–H groups in total. The first-order valence-electron chi connectivity index (χ1n) is 5.84. The van der Waals surface area contributed by atoms with Crippen molar-refractivity contribution in [2.45, 2.75) is 6.10 Å². The molecule has 0 bridgehead atoms. The van der Waals surface area contributed by atoms with E-state index >= 15 is 0 Å². The second-order valence-electron chi connectivity index (χ2n) is 4.32. The lowest BCUT2D eigenvalue weighted by Gasteiger charge is -2.07. The Morgan fingerprint density at radius 2 is 1.75 bits per heavy atom. The second kappa shape index (κ2) is 5.60. The standard InChI is InChI=1S/C14H9Br3N2O/c15-8-6-9-12(11(17)10(8)16)19-14(18-9)13(20)7-4-2-1-3-5-7/h1-6,13,20H,(H,18,19). The summed E-state index contributed by atoms with van der Waals surface area (Å²) in [6, 6.07) is 11.4. The van der Waals surface area contributed by atoms with E-state index in [9.17, 15) is 5.11 Å². The number of nitrogens with zero attached hydrogens (tertiary/aromatic N) is 1. The van der Waals surface area contributed by atoms with Crippen LogP contribution >= 0.6 is 47.8 Å². The van der Waals surface area contributed by atoms with Gasteiger partial charge in [0.2, 0.25) is 0 Å². The number of fused-ring (bicyclic) bond motifs is 1. The van der Waals surface area contributed by atoms with Crippen molar-refractivity contribution in [1.82, 2.24) is 9.97 Å². The minimum atomic E-state index is -0.770. The first kappa shape index (κ1) is 14.3. The minimum absolute atomic E-state index is 0.525. The molecule has 20 heavy (non-hydrogen) atoms. The van der Waals surface area contributed by atoms with Gasteiger partial charge in [0.15, 0.2) is 0 Å². The largest absolute Gasteiger partial charge is 0.380 e. The van der Waals surface area contributed by atoms with Crippen LogP contribution in [0.4, 0.5) is 0 Å². The predicted octanol–water partition coefficient (Wildman–Crippen LogP) is 4.93. The fraction of sp³-hybridized carbons (Fsp3) is 0.0714. The number of nitrogens with one attached hydrogen (secondary N) is 1. The van der Waals surface area contributed by atoms with Crippen LogP contribution in [0.3, 0.4) is 0 Å². The molecule has 3 nitrogen and oxygen atoms in total. The number of rotatable bonds is 2. The van der Waals surface area contributed by atoms with Crippen LogP contribution in [0.15, 0.2) is 49.8 Å². The van der Waals surface area contributed by atoms with Crippen molar-refractivity contribution in [1.29, 1.82) is 0 Å². The molecule has 3 rings (SSSR count). The number of aliphatic hydroxyl groups is 1. The average molecular weight is 461 g/mol. The Morgan fingerprint density at radius 1 is 1.05 bits per heavy atom. The van der Waals surface area contributed by atoms with E-state index in [1.165, 1.54) is 0 Å². The Labute approximate surface area is 140 Å². The molecule has 0 aliphatic heterocycles. The zero-order valence-corrected chi connectivity index (χ0v) is 14.8. The molecule has 0 saturated carbocycles. The van der Waals surface area contributed by atoms with Crippen molar-refractivity contribution < 1.29 is 5.11 Å². The number of hydrogen-bond donors (Lipinski definition) is 2. The van der Waals surface area contributed by atoms with Gasteiger partial charge in [-0.3, -0.25) is 0 Å². The number of hydrogen-bond acceptors (Lipinski definition) is 2. The molecule has 1 unspecified atom stereocenters. The summed E-state index contributed by atoms with van der Waals surface area (Å²) in [5.74, 6) is 0.525. The van der Waals surface area contributed by atoms with Crippen molar-refractivity contribution in [3.05, 3.63) is 61.2 Å². The monoisotopic (exact) mass is 458 g/mol. The molecule has 0 saturated heterocycles. The number of imidazole rings is 1. The van der Waals surface area contributed by atoms with Gasteiger partial charge in [-0.1, -0.05) is 30.3 Å². The minimum Gasteiger partial charge on any atom is -0.380 e. The fourth-order valence-electron chi connectivity index (χ4n) is 2.00. The maximum Gasteiger partial charge on any atom is 0.140 e. The molecule has 102 valence electrons. The number of H-pyrrole nitrogens is 1. The van der Waals surface area contributed by atoms with E-state index in [1.807, 2.05) is 36.4 Å². The molecule has 1 aromatic heterocycles. The van der Waals surface area contributed by atoms with Gasteiger partial charge < -0.3 is 10.1 Å². The first-order chi connectivity index (χ1) is 9.58. The Hall–Kier alpha value is -0.690. The number of aliphatic hydroxyl groups excluding tert-OH is 1. The van der Waals surface area contributed by atoms with Crippen molar-refractivity contribution in [3.63, 3.8) is 0 Å². The lowest BCUT2D eigenvalue weighted by atomic mass is 10.1. The van der Waals surface area contributed by atoms with Gasteiger partial charge in [-0.2, -0.15) is 0 Å². The Morgan fingerprint density at radius 3 is 2.45 bits per heavy atom. The summed E-state index contributed by atoms with van der Waals surface area (Å²) in [5.41, 5.74) is 2.45. The van der Waals surface area contributed by atoms with Gasteiger partial charge in [-0.25, -0.2) is 4.98 Å². The van der Waals surface area contributed by atoms with Gasteiger partial charge in [0.1, 0.15) is 11.9 Å². The quantitative estimate of drug-likeness (QED) is 0.532. The van der Waals surface area contributed by atoms with Gasteiger partial charge >= 0.3 is 0 Å². The zero-order valence-electron chi connectivity index (χ0n) is 10.1. The molecule has 0 fully saturated rings. The van der Waals surface area contributed by atoms with Gasteiger partial charge in [0, 0.05) is 8.95 Å². The first-order valence-corrected chi connectivity index (χ1v) is 8.22. The third kappa shape index (κ3) is 2.45. The van der Waals surface area contributed by atoms with E-state index in [2.05, 4.69) is 57.8 Å². The third-order valence-corrected chi connectivity index (χ3v) is 6.32.